The molecule has 4 nitrogen and oxygen atoms in total. The van der Waals surface area contributed by atoms with Crippen LogP contribution in [0.15, 0.2) is 22.7 Å². The number of amides is 2. The molecule has 0 aliphatic rings. The predicted molar refractivity (Wildman–Crippen MR) is 78.4 cm³/mol. The highest BCUT2D eigenvalue weighted by Gasteiger charge is 2.21. The van der Waals surface area contributed by atoms with E-state index >= 15 is 0 Å². The first-order valence-electron chi connectivity index (χ1n) is 6.19. The molecule has 1 aromatic carbocycles. The normalized spacial score (nSPS) is 11.1. The molecule has 0 heterocycles. The molecule has 0 aliphatic carbocycles. The molecule has 0 radical (unpaired) electrons. The summed E-state index contributed by atoms with van der Waals surface area (Å²) in [6.07, 6.45) is 0. The van der Waals surface area contributed by atoms with E-state index in [4.69, 9.17) is 0 Å². The van der Waals surface area contributed by atoms with Crippen LogP contribution in [0.5, 0.6) is 0 Å². The highest BCUT2D eigenvalue weighted by Crippen LogP contribution is 2.15. The monoisotopic (exact) mass is 344 g/mol. The summed E-state index contributed by atoms with van der Waals surface area (Å²) in [7, 11) is 0. The summed E-state index contributed by atoms with van der Waals surface area (Å²) in [5, 5.41) is 5.09. The number of carbonyl (C=O) groups excluding carboxylic acids is 2. The topological polar surface area (TPSA) is 58.2 Å². The average molecular weight is 345 g/mol. The van der Waals surface area contributed by atoms with Gasteiger partial charge in [0, 0.05) is 22.0 Å². The van der Waals surface area contributed by atoms with Crippen LogP contribution in [0.3, 0.4) is 0 Å². The molecule has 0 spiro atoms. The standard InChI is InChI=1S/C14H18BrFN2O2/c1-14(2,3)13(20)18-8-12(19)17-7-9-6-10(15)4-5-11(9)16/h4-6H,7-8H2,1-3H3,(H,17,19)(H,18,20). The Morgan fingerprint density at radius 3 is 2.50 bits per heavy atom. The third-order valence-corrected chi connectivity index (χ3v) is 3.07. The third-order valence-electron chi connectivity index (χ3n) is 2.57. The van der Waals surface area contributed by atoms with Crippen molar-refractivity contribution < 1.29 is 14.0 Å². The van der Waals surface area contributed by atoms with Crippen molar-refractivity contribution in [2.24, 2.45) is 5.41 Å². The Labute approximate surface area is 126 Å². The van der Waals surface area contributed by atoms with E-state index in [2.05, 4.69) is 26.6 Å². The number of nitrogens with one attached hydrogen (secondary N) is 2. The summed E-state index contributed by atoms with van der Waals surface area (Å²) in [4.78, 5) is 23.2. The second-order valence-electron chi connectivity index (χ2n) is 5.45. The largest absolute Gasteiger partial charge is 0.350 e. The van der Waals surface area contributed by atoms with Gasteiger partial charge < -0.3 is 10.6 Å². The molecule has 0 aliphatic heterocycles. The first kappa shape index (κ1) is 16.6. The van der Waals surface area contributed by atoms with Gasteiger partial charge in [-0.3, -0.25) is 9.59 Å². The van der Waals surface area contributed by atoms with Crippen LogP contribution < -0.4 is 10.6 Å². The van der Waals surface area contributed by atoms with E-state index in [9.17, 15) is 14.0 Å². The Bertz CT molecular complexity index is 512. The zero-order chi connectivity index (χ0) is 15.3. The summed E-state index contributed by atoms with van der Waals surface area (Å²) in [6.45, 7) is 5.24. The number of benzene rings is 1. The van der Waals surface area contributed by atoms with Gasteiger partial charge in [0.1, 0.15) is 5.82 Å². The summed E-state index contributed by atoms with van der Waals surface area (Å²) >= 11 is 3.24. The molecular weight excluding hydrogens is 327 g/mol. The van der Waals surface area contributed by atoms with Gasteiger partial charge in [-0.1, -0.05) is 36.7 Å². The van der Waals surface area contributed by atoms with Crippen LogP contribution in [0.4, 0.5) is 4.39 Å². The molecule has 0 bridgehead atoms. The zero-order valence-corrected chi connectivity index (χ0v) is 13.3. The minimum atomic E-state index is -0.545. The second-order valence-corrected chi connectivity index (χ2v) is 6.36. The van der Waals surface area contributed by atoms with Crippen LogP contribution in [0.25, 0.3) is 0 Å². The fourth-order valence-electron chi connectivity index (χ4n) is 1.36. The maximum Gasteiger partial charge on any atom is 0.239 e. The lowest BCUT2D eigenvalue weighted by Gasteiger charge is -2.17. The SMILES string of the molecule is CC(C)(C)C(=O)NCC(=O)NCc1cc(Br)ccc1F. The van der Waals surface area contributed by atoms with Crippen molar-refractivity contribution in [2.45, 2.75) is 27.3 Å². The van der Waals surface area contributed by atoms with Crippen molar-refractivity contribution >= 4 is 27.7 Å². The van der Waals surface area contributed by atoms with E-state index in [0.29, 0.717) is 5.56 Å². The molecule has 1 aromatic rings. The smallest absolute Gasteiger partial charge is 0.239 e. The predicted octanol–water partition coefficient (Wildman–Crippen LogP) is 2.37. The maximum atomic E-state index is 13.4. The van der Waals surface area contributed by atoms with Gasteiger partial charge in [0.15, 0.2) is 0 Å². The van der Waals surface area contributed by atoms with Crippen molar-refractivity contribution in [3.05, 3.63) is 34.1 Å². The molecule has 0 unspecified atom stereocenters. The summed E-state index contributed by atoms with van der Waals surface area (Å²) < 4.78 is 14.2. The van der Waals surface area contributed by atoms with Crippen molar-refractivity contribution in [1.82, 2.24) is 10.6 Å². The fraction of sp³-hybridized carbons (Fsp3) is 0.429. The number of halogens is 2. The van der Waals surface area contributed by atoms with Gasteiger partial charge >= 0.3 is 0 Å². The molecule has 0 fully saturated rings. The summed E-state index contributed by atoms with van der Waals surface area (Å²) in [5.41, 5.74) is -0.161. The third kappa shape index (κ3) is 5.28. The molecule has 0 saturated heterocycles. The zero-order valence-electron chi connectivity index (χ0n) is 11.7. The van der Waals surface area contributed by atoms with E-state index < -0.39 is 5.41 Å². The highest BCUT2D eigenvalue weighted by molar-refractivity contribution is 9.10. The van der Waals surface area contributed by atoms with Crippen molar-refractivity contribution in [3.8, 4) is 0 Å². The van der Waals surface area contributed by atoms with E-state index in [-0.39, 0.29) is 30.7 Å². The van der Waals surface area contributed by atoms with Crippen LogP contribution >= 0.6 is 15.9 Å². The van der Waals surface area contributed by atoms with Gasteiger partial charge in [-0.2, -0.15) is 0 Å². The van der Waals surface area contributed by atoms with Gasteiger partial charge in [-0.15, -0.1) is 0 Å². The molecule has 6 heteroatoms. The lowest BCUT2D eigenvalue weighted by molar-refractivity contribution is -0.131. The highest BCUT2D eigenvalue weighted by atomic mass is 79.9. The molecule has 2 amide bonds. The van der Waals surface area contributed by atoms with Gasteiger partial charge in [0.05, 0.1) is 6.54 Å². The second kappa shape index (κ2) is 6.83. The van der Waals surface area contributed by atoms with Crippen LogP contribution in [-0.2, 0) is 16.1 Å². The Balaban J connectivity index is 2.44. The first-order valence-corrected chi connectivity index (χ1v) is 6.98. The number of hydrogen-bond acceptors (Lipinski definition) is 2. The summed E-state index contributed by atoms with van der Waals surface area (Å²) in [6, 6.07) is 4.51. The summed E-state index contributed by atoms with van der Waals surface area (Å²) in [5.74, 6) is -0.949. The lowest BCUT2D eigenvalue weighted by atomic mass is 9.96. The van der Waals surface area contributed by atoms with Crippen molar-refractivity contribution in [2.75, 3.05) is 6.54 Å². The van der Waals surface area contributed by atoms with Crippen molar-refractivity contribution in [1.29, 1.82) is 0 Å². The lowest BCUT2D eigenvalue weighted by Crippen LogP contribution is -2.41. The molecule has 0 aromatic heterocycles. The Kier molecular flexibility index (Phi) is 5.68. The molecule has 0 atom stereocenters. The molecule has 20 heavy (non-hydrogen) atoms. The van der Waals surface area contributed by atoms with E-state index in [1.165, 1.54) is 6.07 Å². The quantitative estimate of drug-likeness (QED) is 0.880. The van der Waals surface area contributed by atoms with Gasteiger partial charge in [0.2, 0.25) is 11.8 Å². The number of hydrogen-bond donors (Lipinski definition) is 2. The maximum absolute atomic E-state index is 13.4. The molecule has 2 N–H and O–H groups in total. The van der Waals surface area contributed by atoms with Gasteiger partial charge in [0.25, 0.3) is 0 Å². The number of rotatable bonds is 4. The van der Waals surface area contributed by atoms with E-state index in [1.54, 1.807) is 32.9 Å². The fourth-order valence-corrected chi connectivity index (χ4v) is 1.77. The Morgan fingerprint density at radius 1 is 1.25 bits per heavy atom. The van der Waals surface area contributed by atoms with Gasteiger partial charge in [-0.25, -0.2) is 4.39 Å². The van der Waals surface area contributed by atoms with Gasteiger partial charge in [-0.05, 0) is 18.2 Å². The molecular formula is C14H18BrFN2O2. The van der Waals surface area contributed by atoms with Crippen LogP contribution in [0.1, 0.15) is 26.3 Å². The van der Waals surface area contributed by atoms with Crippen LogP contribution in [0.2, 0.25) is 0 Å². The minimum absolute atomic E-state index is 0.0789. The average Bonchev–Trinajstić information content (AvgIpc) is 2.35. The molecule has 0 saturated carbocycles. The van der Waals surface area contributed by atoms with Crippen molar-refractivity contribution in [3.63, 3.8) is 0 Å². The molecule has 1 rings (SSSR count). The van der Waals surface area contributed by atoms with Crippen LogP contribution in [0, 0.1) is 11.2 Å². The number of carbonyl (C=O) groups is 2. The van der Waals surface area contributed by atoms with E-state index in [1.807, 2.05) is 0 Å². The Hall–Kier alpha value is -1.43. The van der Waals surface area contributed by atoms with Crippen LogP contribution in [-0.4, -0.2) is 18.4 Å². The Morgan fingerprint density at radius 2 is 1.90 bits per heavy atom. The minimum Gasteiger partial charge on any atom is -0.350 e. The first-order chi connectivity index (χ1) is 9.20. The van der Waals surface area contributed by atoms with E-state index in [0.717, 1.165) is 4.47 Å². The molecule has 110 valence electrons.